The summed E-state index contributed by atoms with van der Waals surface area (Å²) in [5.74, 6) is 5.82. The van der Waals surface area contributed by atoms with Gasteiger partial charge in [-0.1, -0.05) is 11.8 Å². The zero-order valence-electron chi connectivity index (χ0n) is 8.31. The highest BCUT2D eigenvalue weighted by Gasteiger charge is 2.05. The van der Waals surface area contributed by atoms with E-state index in [9.17, 15) is 4.39 Å². The lowest BCUT2D eigenvalue weighted by atomic mass is 10.1. The molecule has 1 rings (SSSR count). The minimum Gasteiger partial charge on any atom is -0.495 e. The molecule has 0 radical (unpaired) electrons. The van der Waals surface area contributed by atoms with Gasteiger partial charge >= 0.3 is 0 Å². The highest BCUT2D eigenvalue weighted by molar-refractivity contribution is 6.18. The number of anilines is 1. The summed E-state index contributed by atoms with van der Waals surface area (Å²) in [5.41, 5.74) is 6.05. The molecule has 1 aromatic carbocycles. The second-order valence-corrected chi connectivity index (χ2v) is 3.19. The van der Waals surface area contributed by atoms with Gasteiger partial charge in [0.2, 0.25) is 0 Å². The summed E-state index contributed by atoms with van der Waals surface area (Å²) >= 11 is 5.45. The normalized spacial score (nSPS) is 9.27. The van der Waals surface area contributed by atoms with Crippen molar-refractivity contribution in [1.29, 1.82) is 0 Å². The Morgan fingerprint density at radius 2 is 2.27 bits per heavy atom. The highest BCUT2D eigenvalue weighted by Crippen LogP contribution is 2.24. The number of ether oxygens (including phenoxy) is 1. The third-order valence-electron chi connectivity index (χ3n) is 1.76. The van der Waals surface area contributed by atoms with Crippen LogP contribution in [0.1, 0.15) is 12.0 Å². The van der Waals surface area contributed by atoms with Crippen molar-refractivity contribution in [2.75, 3.05) is 18.7 Å². The average molecular weight is 228 g/mol. The van der Waals surface area contributed by atoms with Crippen LogP contribution in [0.15, 0.2) is 12.1 Å². The first-order chi connectivity index (χ1) is 7.19. The third-order valence-corrected chi connectivity index (χ3v) is 1.95. The van der Waals surface area contributed by atoms with Crippen molar-refractivity contribution in [3.8, 4) is 17.6 Å². The van der Waals surface area contributed by atoms with Gasteiger partial charge in [-0.25, -0.2) is 4.39 Å². The summed E-state index contributed by atoms with van der Waals surface area (Å²) in [6, 6.07) is 2.68. The van der Waals surface area contributed by atoms with Gasteiger partial charge in [-0.05, 0) is 0 Å². The van der Waals surface area contributed by atoms with Crippen LogP contribution in [0, 0.1) is 17.7 Å². The molecule has 0 amide bonds. The maximum absolute atomic E-state index is 13.3. The van der Waals surface area contributed by atoms with Crippen LogP contribution in [0.25, 0.3) is 0 Å². The van der Waals surface area contributed by atoms with Crippen LogP contribution in [0.4, 0.5) is 10.1 Å². The molecular formula is C11H11ClFNO. The molecule has 0 fully saturated rings. The van der Waals surface area contributed by atoms with Gasteiger partial charge in [0.05, 0.1) is 18.4 Å². The van der Waals surface area contributed by atoms with E-state index >= 15 is 0 Å². The first-order valence-corrected chi connectivity index (χ1v) is 4.90. The van der Waals surface area contributed by atoms with Gasteiger partial charge in [-0.15, -0.1) is 11.6 Å². The highest BCUT2D eigenvalue weighted by atomic mass is 35.5. The monoisotopic (exact) mass is 227 g/mol. The van der Waals surface area contributed by atoms with Crippen LogP contribution >= 0.6 is 11.6 Å². The number of benzene rings is 1. The number of rotatable bonds is 2. The van der Waals surface area contributed by atoms with Crippen molar-refractivity contribution < 1.29 is 9.13 Å². The Kier molecular flexibility index (Phi) is 4.26. The molecule has 2 nitrogen and oxygen atoms in total. The molecule has 0 atom stereocenters. The largest absolute Gasteiger partial charge is 0.495 e. The molecule has 0 aromatic heterocycles. The molecule has 0 heterocycles. The zero-order valence-corrected chi connectivity index (χ0v) is 9.07. The van der Waals surface area contributed by atoms with Crippen LogP contribution < -0.4 is 10.5 Å². The topological polar surface area (TPSA) is 35.2 Å². The molecular weight excluding hydrogens is 217 g/mol. The van der Waals surface area contributed by atoms with Gasteiger partial charge in [-0.2, -0.15) is 0 Å². The SMILES string of the molecule is COc1cc(C#CCCCl)c(F)cc1N. The fourth-order valence-electron chi connectivity index (χ4n) is 1.05. The summed E-state index contributed by atoms with van der Waals surface area (Å²) < 4.78 is 18.3. The lowest BCUT2D eigenvalue weighted by Gasteiger charge is -2.05. The molecule has 0 aliphatic carbocycles. The Labute approximate surface area is 93.2 Å². The number of methoxy groups -OCH3 is 1. The molecule has 0 spiro atoms. The van der Waals surface area contributed by atoms with Gasteiger partial charge in [0, 0.05) is 24.4 Å². The van der Waals surface area contributed by atoms with Gasteiger partial charge in [0.25, 0.3) is 0 Å². The predicted octanol–water partition coefficient (Wildman–Crippen LogP) is 2.40. The second-order valence-electron chi connectivity index (χ2n) is 2.81. The van der Waals surface area contributed by atoms with Crippen LogP contribution in [-0.4, -0.2) is 13.0 Å². The van der Waals surface area contributed by atoms with Crippen molar-refractivity contribution in [1.82, 2.24) is 0 Å². The number of nitrogens with two attached hydrogens (primary N) is 1. The Balaban J connectivity index is 3.04. The first-order valence-electron chi connectivity index (χ1n) is 4.37. The van der Waals surface area contributed by atoms with Crippen molar-refractivity contribution >= 4 is 17.3 Å². The van der Waals surface area contributed by atoms with E-state index < -0.39 is 5.82 Å². The van der Waals surface area contributed by atoms with E-state index in [1.54, 1.807) is 0 Å². The number of hydrogen-bond donors (Lipinski definition) is 1. The number of halogens is 2. The van der Waals surface area contributed by atoms with Gasteiger partial charge in [0.1, 0.15) is 11.6 Å². The standard InChI is InChI=1S/C11H11ClFNO/c1-15-11-6-8(4-2-3-5-12)9(13)7-10(11)14/h6-7H,3,5,14H2,1H3. The van der Waals surface area contributed by atoms with E-state index in [4.69, 9.17) is 22.1 Å². The Morgan fingerprint density at radius 1 is 1.53 bits per heavy atom. The van der Waals surface area contributed by atoms with E-state index in [0.717, 1.165) is 0 Å². The zero-order chi connectivity index (χ0) is 11.3. The summed E-state index contributed by atoms with van der Waals surface area (Å²) in [6.07, 6.45) is 0.522. The van der Waals surface area contributed by atoms with Crippen LogP contribution in [0.3, 0.4) is 0 Å². The first kappa shape index (κ1) is 11.7. The lowest BCUT2D eigenvalue weighted by molar-refractivity contribution is 0.416. The van der Waals surface area contributed by atoms with Crippen LogP contribution in [0.5, 0.6) is 5.75 Å². The van der Waals surface area contributed by atoms with Crippen molar-refractivity contribution in [3.05, 3.63) is 23.5 Å². The molecule has 80 valence electrons. The molecule has 15 heavy (non-hydrogen) atoms. The van der Waals surface area contributed by atoms with Crippen LogP contribution in [-0.2, 0) is 0 Å². The molecule has 0 unspecified atom stereocenters. The number of hydrogen-bond acceptors (Lipinski definition) is 2. The third kappa shape index (κ3) is 3.03. The molecule has 4 heteroatoms. The van der Waals surface area contributed by atoms with Crippen molar-refractivity contribution in [2.24, 2.45) is 0 Å². The molecule has 1 aromatic rings. The van der Waals surface area contributed by atoms with Crippen molar-refractivity contribution in [2.45, 2.75) is 6.42 Å². The van der Waals surface area contributed by atoms with Crippen LogP contribution in [0.2, 0.25) is 0 Å². The Morgan fingerprint density at radius 3 is 2.87 bits per heavy atom. The molecule has 0 bridgehead atoms. The summed E-state index contributed by atoms with van der Waals surface area (Å²) in [6.45, 7) is 0. The van der Waals surface area contributed by atoms with E-state index in [2.05, 4.69) is 11.8 Å². The van der Waals surface area contributed by atoms with E-state index in [0.29, 0.717) is 18.1 Å². The van der Waals surface area contributed by atoms with Gasteiger partial charge < -0.3 is 10.5 Å². The summed E-state index contributed by atoms with van der Waals surface area (Å²) in [5, 5.41) is 0. The predicted molar refractivity (Wildman–Crippen MR) is 59.6 cm³/mol. The fraction of sp³-hybridized carbons (Fsp3) is 0.273. The molecule has 0 aliphatic rings. The quantitative estimate of drug-likeness (QED) is 0.478. The molecule has 0 saturated carbocycles. The number of alkyl halides is 1. The Bertz CT molecular complexity index is 409. The van der Waals surface area contributed by atoms with Crippen molar-refractivity contribution in [3.63, 3.8) is 0 Å². The second kappa shape index (κ2) is 5.47. The number of nitrogen functional groups attached to an aromatic ring is 1. The summed E-state index contributed by atoms with van der Waals surface area (Å²) in [4.78, 5) is 0. The fourth-order valence-corrected chi connectivity index (χ4v) is 1.14. The molecule has 2 N–H and O–H groups in total. The molecule has 0 aliphatic heterocycles. The minimum absolute atomic E-state index is 0.262. The van der Waals surface area contributed by atoms with E-state index in [1.807, 2.05) is 0 Å². The maximum Gasteiger partial charge on any atom is 0.143 e. The smallest absolute Gasteiger partial charge is 0.143 e. The lowest BCUT2D eigenvalue weighted by Crippen LogP contribution is -1.95. The molecule has 0 saturated heterocycles. The van der Waals surface area contributed by atoms with Gasteiger partial charge in [-0.3, -0.25) is 0 Å². The Hall–Kier alpha value is -1.40. The van der Waals surface area contributed by atoms with E-state index in [-0.39, 0.29) is 11.3 Å². The maximum atomic E-state index is 13.3. The van der Waals surface area contributed by atoms with E-state index in [1.165, 1.54) is 19.2 Å². The average Bonchev–Trinajstić information content (AvgIpc) is 2.21. The summed E-state index contributed by atoms with van der Waals surface area (Å²) in [7, 11) is 1.47. The minimum atomic E-state index is -0.449. The van der Waals surface area contributed by atoms with Gasteiger partial charge in [0.15, 0.2) is 0 Å².